The van der Waals surface area contributed by atoms with Crippen molar-refractivity contribution in [3.63, 3.8) is 0 Å². The van der Waals surface area contributed by atoms with E-state index in [9.17, 15) is 5.11 Å². The van der Waals surface area contributed by atoms with Crippen molar-refractivity contribution < 1.29 is 5.11 Å². The molecule has 0 saturated heterocycles. The molecule has 2 aromatic rings. The molecule has 1 atom stereocenters. The largest absolute Gasteiger partial charge is 0.388 e. The van der Waals surface area contributed by atoms with Crippen LogP contribution in [0, 0.1) is 11.3 Å². The summed E-state index contributed by atoms with van der Waals surface area (Å²) in [6, 6.07) is 8.19. The number of aliphatic hydroxyl groups is 1. The SMILES string of the molecule is CC1(C)CCC(C(O)c2cncc3ccccc23)CC1. The zero-order valence-corrected chi connectivity index (χ0v) is 12.3. The third kappa shape index (κ3) is 2.57. The van der Waals surface area contributed by atoms with Gasteiger partial charge in [0, 0.05) is 23.3 Å². The van der Waals surface area contributed by atoms with E-state index in [2.05, 4.69) is 31.0 Å². The molecule has 3 rings (SSSR count). The Labute approximate surface area is 120 Å². The van der Waals surface area contributed by atoms with E-state index in [4.69, 9.17) is 0 Å². The molecule has 1 aliphatic carbocycles. The van der Waals surface area contributed by atoms with Crippen molar-refractivity contribution in [3.05, 3.63) is 42.2 Å². The molecule has 0 spiro atoms. The van der Waals surface area contributed by atoms with Crippen LogP contribution in [-0.2, 0) is 0 Å². The topological polar surface area (TPSA) is 33.1 Å². The van der Waals surface area contributed by atoms with Gasteiger partial charge < -0.3 is 5.11 Å². The van der Waals surface area contributed by atoms with Crippen molar-refractivity contribution in [1.82, 2.24) is 4.98 Å². The normalized spacial score (nSPS) is 20.9. The predicted molar refractivity (Wildman–Crippen MR) is 82.4 cm³/mol. The first-order valence-corrected chi connectivity index (χ1v) is 7.57. The molecular formula is C18H23NO. The first-order valence-electron chi connectivity index (χ1n) is 7.57. The highest BCUT2D eigenvalue weighted by molar-refractivity contribution is 5.84. The second-order valence-corrected chi connectivity index (χ2v) is 6.90. The minimum Gasteiger partial charge on any atom is -0.388 e. The Morgan fingerprint density at radius 3 is 2.60 bits per heavy atom. The maximum absolute atomic E-state index is 10.8. The molecule has 1 heterocycles. The summed E-state index contributed by atoms with van der Waals surface area (Å²) >= 11 is 0. The van der Waals surface area contributed by atoms with Crippen LogP contribution in [0.5, 0.6) is 0 Å². The Balaban J connectivity index is 1.88. The van der Waals surface area contributed by atoms with Crippen molar-refractivity contribution in [2.24, 2.45) is 11.3 Å². The Morgan fingerprint density at radius 1 is 1.15 bits per heavy atom. The van der Waals surface area contributed by atoms with Crippen molar-refractivity contribution in [2.75, 3.05) is 0 Å². The molecule has 2 nitrogen and oxygen atoms in total. The molecule has 1 saturated carbocycles. The average molecular weight is 269 g/mol. The van der Waals surface area contributed by atoms with Crippen LogP contribution >= 0.6 is 0 Å². The number of aliphatic hydroxyl groups excluding tert-OH is 1. The molecule has 1 aromatic carbocycles. The van der Waals surface area contributed by atoms with Crippen LogP contribution in [0.4, 0.5) is 0 Å². The molecule has 1 fully saturated rings. The van der Waals surface area contributed by atoms with Gasteiger partial charge in [-0.2, -0.15) is 0 Å². The van der Waals surface area contributed by atoms with Crippen LogP contribution in [0.1, 0.15) is 51.2 Å². The van der Waals surface area contributed by atoms with E-state index in [0.29, 0.717) is 11.3 Å². The van der Waals surface area contributed by atoms with E-state index in [1.54, 1.807) is 0 Å². The summed E-state index contributed by atoms with van der Waals surface area (Å²) in [7, 11) is 0. The summed E-state index contributed by atoms with van der Waals surface area (Å²) in [5, 5.41) is 13.0. The molecule has 1 N–H and O–H groups in total. The predicted octanol–water partition coefficient (Wildman–Crippen LogP) is 4.48. The number of benzene rings is 1. The van der Waals surface area contributed by atoms with Crippen LogP contribution in [0.25, 0.3) is 10.8 Å². The van der Waals surface area contributed by atoms with Gasteiger partial charge in [0.25, 0.3) is 0 Å². The van der Waals surface area contributed by atoms with E-state index in [0.717, 1.165) is 29.2 Å². The lowest BCUT2D eigenvalue weighted by Gasteiger charge is -2.36. The van der Waals surface area contributed by atoms with Gasteiger partial charge in [-0.15, -0.1) is 0 Å². The van der Waals surface area contributed by atoms with Gasteiger partial charge in [-0.25, -0.2) is 0 Å². The van der Waals surface area contributed by atoms with Gasteiger partial charge in [0.15, 0.2) is 0 Å². The van der Waals surface area contributed by atoms with Crippen LogP contribution in [0.2, 0.25) is 0 Å². The average Bonchev–Trinajstić information content (AvgIpc) is 2.46. The Bertz CT molecular complexity index is 590. The van der Waals surface area contributed by atoms with Crippen molar-refractivity contribution in [2.45, 2.75) is 45.6 Å². The van der Waals surface area contributed by atoms with E-state index in [-0.39, 0.29) is 6.10 Å². The number of hydrogen-bond donors (Lipinski definition) is 1. The Kier molecular flexibility index (Phi) is 3.51. The molecular weight excluding hydrogens is 246 g/mol. The number of pyridine rings is 1. The summed E-state index contributed by atoms with van der Waals surface area (Å²) < 4.78 is 0. The molecule has 0 aliphatic heterocycles. The summed E-state index contributed by atoms with van der Waals surface area (Å²) in [5.74, 6) is 0.371. The molecule has 2 heteroatoms. The highest BCUT2D eigenvalue weighted by atomic mass is 16.3. The molecule has 1 aromatic heterocycles. The fourth-order valence-electron chi connectivity index (χ4n) is 3.37. The lowest BCUT2D eigenvalue weighted by Crippen LogP contribution is -2.25. The van der Waals surface area contributed by atoms with Gasteiger partial charge in [0.2, 0.25) is 0 Å². The molecule has 20 heavy (non-hydrogen) atoms. The lowest BCUT2D eigenvalue weighted by atomic mass is 9.71. The van der Waals surface area contributed by atoms with Crippen molar-refractivity contribution in [1.29, 1.82) is 0 Å². The maximum Gasteiger partial charge on any atom is 0.0839 e. The third-order valence-electron chi connectivity index (χ3n) is 4.85. The smallest absolute Gasteiger partial charge is 0.0839 e. The van der Waals surface area contributed by atoms with E-state index < -0.39 is 0 Å². The summed E-state index contributed by atoms with van der Waals surface area (Å²) in [6.07, 6.45) is 7.95. The van der Waals surface area contributed by atoms with Crippen molar-refractivity contribution in [3.8, 4) is 0 Å². The van der Waals surface area contributed by atoms with Gasteiger partial charge in [0.05, 0.1) is 6.10 Å². The number of nitrogens with zero attached hydrogens (tertiary/aromatic N) is 1. The fraction of sp³-hybridized carbons (Fsp3) is 0.500. The van der Waals surface area contributed by atoms with E-state index in [1.165, 1.54) is 12.8 Å². The van der Waals surface area contributed by atoms with Crippen LogP contribution in [0.3, 0.4) is 0 Å². The lowest BCUT2D eigenvalue weighted by molar-refractivity contribution is 0.0575. The van der Waals surface area contributed by atoms with Crippen LogP contribution in [-0.4, -0.2) is 10.1 Å². The number of rotatable bonds is 2. The molecule has 106 valence electrons. The first-order chi connectivity index (χ1) is 9.57. The third-order valence-corrected chi connectivity index (χ3v) is 4.85. The summed E-state index contributed by atoms with van der Waals surface area (Å²) in [5.41, 5.74) is 1.43. The summed E-state index contributed by atoms with van der Waals surface area (Å²) in [6.45, 7) is 4.66. The molecule has 1 unspecified atom stereocenters. The second-order valence-electron chi connectivity index (χ2n) is 6.90. The zero-order valence-electron chi connectivity index (χ0n) is 12.3. The number of fused-ring (bicyclic) bond motifs is 1. The fourth-order valence-corrected chi connectivity index (χ4v) is 3.37. The number of aromatic nitrogens is 1. The summed E-state index contributed by atoms with van der Waals surface area (Å²) in [4.78, 5) is 4.30. The van der Waals surface area contributed by atoms with E-state index in [1.807, 2.05) is 24.5 Å². The van der Waals surface area contributed by atoms with Crippen molar-refractivity contribution >= 4 is 10.8 Å². The molecule has 0 amide bonds. The minimum atomic E-state index is -0.385. The minimum absolute atomic E-state index is 0.371. The molecule has 1 aliphatic rings. The monoisotopic (exact) mass is 269 g/mol. The maximum atomic E-state index is 10.8. The first kappa shape index (κ1) is 13.6. The molecule has 0 bridgehead atoms. The van der Waals surface area contributed by atoms with Gasteiger partial charge in [0.1, 0.15) is 0 Å². The quantitative estimate of drug-likeness (QED) is 0.871. The highest BCUT2D eigenvalue weighted by Gasteiger charge is 2.31. The zero-order chi connectivity index (χ0) is 14.2. The highest BCUT2D eigenvalue weighted by Crippen LogP contribution is 2.43. The van der Waals surface area contributed by atoms with Crippen LogP contribution in [0.15, 0.2) is 36.7 Å². The van der Waals surface area contributed by atoms with Gasteiger partial charge in [-0.05, 0) is 42.4 Å². The van der Waals surface area contributed by atoms with E-state index >= 15 is 0 Å². The van der Waals surface area contributed by atoms with Crippen LogP contribution < -0.4 is 0 Å². The van der Waals surface area contributed by atoms with Gasteiger partial charge in [-0.1, -0.05) is 38.1 Å². The Hall–Kier alpha value is -1.41. The second kappa shape index (κ2) is 5.17. The number of hydrogen-bond acceptors (Lipinski definition) is 2. The standard InChI is InChI=1S/C18H23NO/c1-18(2)9-7-13(8-10-18)17(20)16-12-19-11-14-5-3-4-6-15(14)16/h3-6,11-13,17,20H,7-10H2,1-2H3. The molecule has 0 radical (unpaired) electrons. The Morgan fingerprint density at radius 2 is 1.85 bits per heavy atom. The van der Waals surface area contributed by atoms with Gasteiger partial charge in [-0.3, -0.25) is 4.98 Å². The van der Waals surface area contributed by atoms with Gasteiger partial charge >= 0.3 is 0 Å².